The molecule has 0 bridgehead atoms. The molecule has 5 heteroatoms. The molecule has 21 heavy (non-hydrogen) atoms. The third-order valence-corrected chi connectivity index (χ3v) is 3.98. The van der Waals surface area contributed by atoms with Crippen LogP contribution in [0.2, 0.25) is 0 Å². The summed E-state index contributed by atoms with van der Waals surface area (Å²) in [5.41, 5.74) is 4.57. The monoisotopic (exact) mass is 284 g/mol. The van der Waals surface area contributed by atoms with Gasteiger partial charge in [0.15, 0.2) is 0 Å². The Hall–Kier alpha value is -2.17. The minimum atomic E-state index is 0.236. The highest BCUT2D eigenvalue weighted by Gasteiger charge is 2.23. The number of nitrogens with zero attached hydrogens (tertiary/aromatic N) is 3. The van der Waals surface area contributed by atoms with Crippen molar-refractivity contribution in [2.24, 2.45) is 0 Å². The quantitative estimate of drug-likeness (QED) is 0.858. The van der Waals surface area contributed by atoms with E-state index in [9.17, 15) is 4.79 Å². The SMILES string of the molecule is Cc1ccc2c(c1)N(C(=O)CCCCc1cn[nH]n1)CC2. The molecular weight excluding hydrogens is 264 g/mol. The predicted octanol–water partition coefficient (Wildman–Crippen LogP) is 2.42. The highest BCUT2D eigenvalue weighted by Crippen LogP contribution is 2.29. The first kappa shape index (κ1) is 13.8. The number of carbonyl (C=O) groups is 1. The minimum Gasteiger partial charge on any atom is -0.312 e. The number of hydrogen-bond acceptors (Lipinski definition) is 3. The molecule has 0 saturated carbocycles. The fourth-order valence-corrected chi connectivity index (χ4v) is 2.81. The van der Waals surface area contributed by atoms with E-state index in [2.05, 4.69) is 40.5 Å². The molecular formula is C16H20N4O. The van der Waals surface area contributed by atoms with Crippen molar-refractivity contribution in [3.63, 3.8) is 0 Å². The van der Waals surface area contributed by atoms with Crippen molar-refractivity contribution in [2.45, 2.75) is 39.0 Å². The van der Waals surface area contributed by atoms with Gasteiger partial charge < -0.3 is 4.90 Å². The Balaban J connectivity index is 1.52. The van der Waals surface area contributed by atoms with Gasteiger partial charge in [-0.2, -0.15) is 15.4 Å². The van der Waals surface area contributed by atoms with Crippen molar-refractivity contribution < 1.29 is 4.79 Å². The second-order valence-corrected chi connectivity index (χ2v) is 5.60. The van der Waals surface area contributed by atoms with Crippen molar-refractivity contribution in [3.8, 4) is 0 Å². The fraction of sp³-hybridized carbons (Fsp3) is 0.438. The molecule has 1 aromatic carbocycles. The largest absolute Gasteiger partial charge is 0.312 e. The van der Waals surface area contributed by atoms with Crippen LogP contribution >= 0.6 is 0 Å². The minimum absolute atomic E-state index is 0.236. The van der Waals surface area contributed by atoms with Crippen LogP contribution in [0.15, 0.2) is 24.4 Å². The van der Waals surface area contributed by atoms with E-state index in [0.29, 0.717) is 6.42 Å². The van der Waals surface area contributed by atoms with Gasteiger partial charge in [-0.3, -0.25) is 4.79 Å². The molecule has 0 fully saturated rings. The summed E-state index contributed by atoms with van der Waals surface area (Å²) in [5, 5.41) is 10.4. The number of aromatic amines is 1. The van der Waals surface area contributed by atoms with Gasteiger partial charge in [-0.25, -0.2) is 0 Å². The van der Waals surface area contributed by atoms with E-state index >= 15 is 0 Å². The number of aromatic nitrogens is 3. The lowest BCUT2D eigenvalue weighted by atomic mass is 10.1. The van der Waals surface area contributed by atoms with E-state index in [1.165, 1.54) is 11.1 Å². The van der Waals surface area contributed by atoms with Gasteiger partial charge in [-0.05, 0) is 49.8 Å². The number of amides is 1. The molecule has 2 heterocycles. The zero-order chi connectivity index (χ0) is 14.7. The standard InChI is InChI=1S/C16H20N4O/c1-12-6-7-13-8-9-20(15(13)10-12)16(21)5-3-2-4-14-11-17-19-18-14/h6-7,10-11H,2-5,8-9H2,1H3,(H,17,18,19). The van der Waals surface area contributed by atoms with E-state index in [1.807, 2.05) is 4.90 Å². The van der Waals surface area contributed by atoms with E-state index in [1.54, 1.807) is 6.20 Å². The highest BCUT2D eigenvalue weighted by molar-refractivity contribution is 5.95. The van der Waals surface area contributed by atoms with E-state index in [-0.39, 0.29) is 5.91 Å². The number of carbonyl (C=O) groups excluding carboxylic acids is 1. The first-order valence-electron chi connectivity index (χ1n) is 7.48. The summed E-state index contributed by atoms with van der Waals surface area (Å²) >= 11 is 0. The van der Waals surface area contributed by atoms with Crippen LogP contribution < -0.4 is 4.90 Å². The van der Waals surface area contributed by atoms with Crippen molar-refractivity contribution in [3.05, 3.63) is 41.2 Å². The van der Waals surface area contributed by atoms with Crippen LogP contribution in [-0.2, 0) is 17.6 Å². The van der Waals surface area contributed by atoms with Crippen LogP contribution in [0.5, 0.6) is 0 Å². The first-order chi connectivity index (χ1) is 10.2. The lowest BCUT2D eigenvalue weighted by molar-refractivity contribution is -0.118. The Bertz CT molecular complexity index is 621. The number of aryl methyl sites for hydroxylation is 2. The molecule has 2 aromatic rings. The van der Waals surface area contributed by atoms with Crippen molar-refractivity contribution in [2.75, 3.05) is 11.4 Å². The Kier molecular flexibility index (Phi) is 3.99. The molecule has 1 N–H and O–H groups in total. The normalized spacial score (nSPS) is 13.5. The number of H-pyrrole nitrogens is 1. The molecule has 0 unspecified atom stereocenters. The average molecular weight is 284 g/mol. The second-order valence-electron chi connectivity index (χ2n) is 5.60. The Morgan fingerprint density at radius 3 is 3.10 bits per heavy atom. The van der Waals surface area contributed by atoms with Gasteiger partial charge in [0.05, 0.1) is 11.9 Å². The van der Waals surface area contributed by atoms with Gasteiger partial charge in [0.1, 0.15) is 0 Å². The first-order valence-corrected chi connectivity index (χ1v) is 7.48. The zero-order valence-corrected chi connectivity index (χ0v) is 12.3. The summed E-state index contributed by atoms with van der Waals surface area (Å²) in [4.78, 5) is 14.3. The van der Waals surface area contributed by atoms with E-state index < -0.39 is 0 Å². The van der Waals surface area contributed by atoms with Crippen LogP contribution in [-0.4, -0.2) is 27.9 Å². The van der Waals surface area contributed by atoms with Gasteiger partial charge >= 0.3 is 0 Å². The maximum Gasteiger partial charge on any atom is 0.226 e. The molecule has 0 spiro atoms. The van der Waals surface area contributed by atoms with Gasteiger partial charge in [0.2, 0.25) is 5.91 Å². The second kappa shape index (κ2) is 6.08. The molecule has 1 amide bonds. The number of fused-ring (bicyclic) bond motifs is 1. The van der Waals surface area contributed by atoms with Crippen LogP contribution in [0.4, 0.5) is 5.69 Å². The predicted molar refractivity (Wildman–Crippen MR) is 81.2 cm³/mol. The molecule has 110 valence electrons. The van der Waals surface area contributed by atoms with Crippen molar-refractivity contribution >= 4 is 11.6 Å². The molecule has 0 radical (unpaired) electrons. The number of anilines is 1. The summed E-state index contributed by atoms with van der Waals surface area (Å²) < 4.78 is 0. The van der Waals surface area contributed by atoms with Crippen LogP contribution in [0, 0.1) is 6.92 Å². The summed E-state index contributed by atoms with van der Waals surface area (Å²) in [5.74, 6) is 0.236. The van der Waals surface area contributed by atoms with Gasteiger partial charge in [0, 0.05) is 18.7 Å². The zero-order valence-electron chi connectivity index (χ0n) is 12.3. The summed E-state index contributed by atoms with van der Waals surface area (Å²) in [6.07, 6.45) is 6.04. The molecule has 5 nitrogen and oxygen atoms in total. The van der Waals surface area contributed by atoms with E-state index in [0.717, 1.165) is 43.6 Å². The van der Waals surface area contributed by atoms with E-state index in [4.69, 9.17) is 0 Å². The van der Waals surface area contributed by atoms with Crippen LogP contribution in [0.25, 0.3) is 0 Å². The molecule has 0 saturated heterocycles. The molecule has 0 aliphatic carbocycles. The Morgan fingerprint density at radius 2 is 2.29 bits per heavy atom. The molecule has 1 aliphatic rings. The van der Waals surface area contributed by atoms with Gasteiger partial charge in [-0.15, -0.1) is 0 Å². The maximum absolute atomic E-state index is 12.4. The molecule has 1 aromatic heterocycles. The maximum atomic E-state index is 12.4. The molecule has 0 atom stereocenters. The highest BCUT2D eigenvalue weighted by atomic mass is 16.2. The lowest BCUT2D eigenvalue weighted by Crippen LogP contribution is -2.28. The number of rotatable bonds is 5. The van der Waals surface area contributed by atoms with Crippen LogP contribution in [0.3, 0.4) is 0 Å². The third kappa shape index (κ3) is 3.12. The van der Waals surface area contributed by atoms with Crippen molar-refractivity contribution in [1.29, 1.82) is 0 Å². The van der Waals surface area contributed by atoms with Gasteiger partial charge in [0.25, 0.3) is 0 Å². The third-order valence-electron chi connectivity index (χ3n) is 3.98. The molecule has 3 rings (SSSR count). The summed E-state index contributed by atoms with van der Waals surface area (Å²) in [6, 6.07) is 6.38. The fourth-order valence-electron chi connectivity index (χ4n) is 2.81. The number of unbranched alkanes of at least 4 members (excludes halogenated alkanes) is 1. The number of nitrogens with one attached hydrogen (secondary N) is 1. The number of hydrogen-bond donors (Lipinski definition) is 1. The summed E-state index contributed by atoms with van der Waals surface area (Å²) in [7, 11) is 0. The van der Waals surface area contributed by atoms with Crippen molar-refractivity contribution in [1.82, 2.24) is 15.4 Å². The smallest absolute Gasteiger partial charge is 0.226 e. The average Bonchev–Trinajstić information content (AvgIpc) is 3.12. The number of benzene rings is 1. The molecule has 1 aliphatic heterocycles. The summed E-state index contributed by atoms with van der Waals surface area (Å²) in [6.45, 7) is 2.89. The topological polar surface area (TPSA) is 61.9 Å². The van der Waals surface area contributed by atoms with Gasteiger partial charge in [-0.1, -0.05) is 12.1 Å². The Labute approximate surface area is 124 Å². The Morgan fingerprint density at radius 1 is 1.38 bits per heavy atom. The van der Waals surface area contributed by atoms with Crippen LogP contribution in [0.1, 0.15) is 36.1 Å². The lowest BCUT2D eigenvalue weighted by Gasteiger charge is -2.17.